The lowest BCUT2D eigenvalue weighted by Crippen LogP contribution is -2.42. The van der Waals surface area contributed by atoms with E-state index >= 15 is 0 Å². The number of rotatable bonds is 9. The number of nitrogens with two attached hydrogens (primary N) is 1. The van der Waals surface area contributed by atoms with Crippen molar-refractivity contribution in [1.29, 1.82) is 0 Å². The molecule has 1 aromatic carbocycles. The van der Waals surface area contributed by atoms with Gasteiger partial charge in [-0.3, -0.25) is 4.79 Å². The fourth-order valence-corrected chi connectivity index (χ4v) is 2.21. The lowest BCUT2D eigenvalue weighted by Gasteiger charge is -2.25. The minimum Gasteiger partial charge on any atom is -0.393 e. The number of hydrogen-bond acceptors (Lipinski definition) is 3. The molecular weight excluding hydrogens is 282 g/mol. The number of thiocarbonyl (C=S) groups is 1. The normalized spacial score (nSPS) is 10.4. The molecule has 0 spiro atoms. The predicted molar refractivity (Wildman–Crippen MR) is 92.6 cm³/mol. The Morgan fingerprint density at radius 2 is 1.90 bits per heavy atom. The number of benzene rings is 1. The minimum absolute atomic E-state index is 0.0375. The van der Waals surface area contributed by atoms with Crippen LogP contribution >= 0.6 is 12.2 Å². The molecular formula is C16H25N3OS. The van der Waals surface area contributed by atoms with E-state index in [1.54, 1.807) is 0 Å². The average Bonchev–Trinajstić information content (AvgIpc) is 2.49. The molecule has 0 atom stereocenters. The van der Waals surface area contributed by atoms with Gasteiger partial charge in [0, 0.05) is 24.7 Å². The number of nitrogens with zero attached hydrogens (tertiary/aromatic N) is 1. The van der Waals surface area contributed by atoms with Crippen molar-refractivity contribution < 1.29 is 4.79 Å². The van der Waals surface area contributed by atoms with Crippen molar-refractivity contribution in [3.05, 3.63) is 30.3 Å². The van der Waals surface area contributed by atoms with Crippen molar-refractivity contribution in [1.82, 2.24) is 5.32 Å². The summed E-state index contributed by atoms with van der Waals surface area (Å²) in [5, 5.41) is 3.06. The zero-order valence-electron chi connectivity index (χ0n) is 12.8. The fraction of sp³-hybridized carbons (Fsp3) is 0.500. The predicted octanol–water partition coefficient (Wildman–Crippen LogP) is 2.47. The monoisotopic (exact) mass is 307 g/mol. The van der Waals surface area contributed by atoms with Crippen molar-refractivity contribution in [2.75, 3.05) is 18.0 Å². The summed E-state index contributed by atoms with van der Waals surface area (Å²) >= 11 is 4.94. The molecule has 3 N–H and O–H groups in total. The average molecular weight is 307 g/mol. The molecule has 116 valence electrons. The van der Waals surface area contributed by atoms with Crippen LogP contribution in [-0.4, -0.2) is 30.0 Å². The first kappa shape index (κ1) is 17.4. The molecule has 0 radical (unpaired) electrons. The maximum atomic E-state index is 12.2. The molecule has 4 nitrogen and oxygen atoms in total. The number of amides is 1. The van der Waals surface area contributed by atoms with Gasteiger partial charge >= 0.3 is 0 Å². The van der Waals surface area contributed by atoms with Gasteiger partial charge in [-0.1, -0.05) is 44.3 Å². The van der Waals surface area contributed by atoms with Crippen LogP contribution in [0, 0.1) is 0 Å². The van der Waals surface area contributed by atoms with Gasteiger partial charge in [-0.15, -0.1) is 0 Å². The summed E-state index contributed by atoms with van der Waals surface area (Å²) in [4.78, 5) is 14.7. The summed E-state index contributed by atoms with van der Waals surface area (Å²) in [5.41, 5.74) is 6.59. The lowest BCUT2D eigenvalue weighted by atomic mass is 10.2. The summed E-state index contributed by atoms with van der Waals surface area (Å²) in [6.07, 6.45) is 2.49. The standard InChI is InChI=1S/C16H25N3OS/c1-3-13(4-2)18-16(20)12-19(11-10-15(17)21)14-8-6-5-7-9-14/h5-9,13H,3-4,10-12H2,1-2H3,(H2,17,21)(H,18,20). The molecule has 1 aromatic rings. The molecule has 5 heteroatoms. The van der Waals surface area contributed by atoms with E-state index in [1.807, 2.05) is 35.2 Å². The first-order valence-corrected chi connectivity index (χ1v) is 7.85. The van der Waals surface area contributed by atoms with Gasteiger partial charge in [0.25, 0.3) is 0 Å². The number of hydrogen-bond donors (Lipinski definition) is 2. The Kier molecular flexibility index (Phi) is 7.75. The molecule has 1 amide bonds. The van der Waals surface area contributed by atoms with Gasteiger partial charge in [-0.25, -0.2) is 0 Å². The van der Waals surface area contributed by atoms with Gasteiger partial charge in [0.1, 0.15) is 0 Å². The molecule has 21 heavy (non-hydrogen) atoms. The van der Waals surface area contributed by atoms with Gasteiger partial charge in [0.05, 0.1) is 11.5 Å². The first-order chi connectivity index (χ1) is 10.1. The van der Waals surface area contributed by atoms with E-state index in [2.05, 4.69) is 19.2 Å². The minimum atomic E-state index is 0.0375. The molecule has 0 saturated carbocycles. The second kappa shape index (κ2) is 9.34. The van der Waals surface area contributed by atoms with Crippen LogP contribution in [-0.2, 0) is 4.79 Å². The second-order valence-corrected chi connectivity index (χ2v) is 5.58. The third kappa shape index (κ3) is 6.58. The Labute approximate surface area is 132 Å². The Balaban J connectivity index is 2.68. The van der Waals surface area contributed by atoms with E-state index in [-0.39, 0.29) is 11.9 Å². The maximum absolute atomic E-state index is 12.2. The van der Waals surface area contributed by atoms with E-state index in [0.29, 0.717) is 24.5 Å². The highest BCUT2D eigenvalue weighted by Crippen LogP contribution is 2.13. The molecule has 0 saturated heterocycles. The van der Waals surface area contributed by atoms with Crippen molar-refractivity contribution >= 4 is 28.8 Å². The van der Waals surface area contributed by atoms with E-state index in [4.69, 9.17) is 18.0 Å². The highest BCUT2D eigenvalue weighted by molar-refractivity contribution is 7.80. The Morgan fingerprint density at radius 1 is 1.29 bits per heavy atom. The molecule has 0 aliphatic carbocycles. The molecule has 0 aromatic heterocycles. The Hall–Kier alpha value is -1.62. The van der Waals surface area contributed by atoms with Crippen molar-refractivity contribution in [3.63, 3.8) is 0 Å². The van der Waals surface area contributed by atoms with Gasteiger partial charge in [0.15, 0.2) is 0 Å². The van der Waals surface area contributed by atoms with Crippen LogP contribution in [0.3, 0.4) is 0 Å². The number of nitrogens with one attached hydrogen (secondary N) is 1. The van der Waals surface area contributed by atoms with E-state index < -0.39 is 0 Å². The smallest absolute Gasteiger partial charge is 0.239 e. The SMILES string of the molecule is CCC(CC)NC(=O)CN(CCC(N)=S)c1ccccc1. The summed E-state index contributed by atoms with van der Waals surface area (Å²) in [6.45, 7) is 5.13. The zero-order valence-corrected chi connectivity index (χ0v) is 13.7. The van der Waals surface area contributed by atoms with Gasteiger partial charge < -0.3 is 16.0 Å². The van der Waals surface area contributed by atoms with Crippen LogP contribution in [0.1, 0.15) is 33.1 Å². The highest BCUT2D eigenvalue weighted by atomic mass is 32.1. The van der Waals surface area contributed by atoms with Crippen molar-refractivity contribution in [3.8, 4) is 0 Å². The molecule has 0 aliphatic heterocycles. The molecule has 1 rings (SSSR count). The molecule has 0 bridgehead atoms. The van der Waals surface area contributed by atoms with Gasteiger partial charge in [0.2, 0.25) is 5.91 Å². The van der Waals surface area contributed by atoms with Crippen LogP contribution in [0.15, 0.2) is 30.3 Å². The largest absolute Gasteiger partial charge is 0.393 e. The number of para-hydroxylation sites is 1. The van der Waals surface area contributed by atoms with E-state index in [9.17, 15) is 4.79 Å². The Bertz CT molecular complexity index is 446. The molecule has 0 unspecified atom stereocenters. The Morgan fingerprint density at radius 3 is 2.43 bits per heavy atom. The van der Waals surface area contributed by atoms with Crippen LogP contribution in [0.4, 0.5) is 5.69 Å². The van der Waals surface area contributed by atoms with Crippen LogP contribution in [0.25, 0.3) is 0 Å². The number of carbonyl (C=O) groups is 1. The molecule has 0 fully saturated rings. The number of anilines is 1. The fourth-order valence-electron chi connectivity index (χ4n) is 2.12. The topological polar surface area (TPSA) is 58.4 Å². The maximum Gasteiger partial charge on any atom is 0.239 e. The van der Waals surface area contributed by atoms with Gasteiger partial charge in [-0.2, -0.15) is 0 Å². The number of carbonyl (C=O) groups excluding carboxylic acids is 1. The van der Waals surface area contributed by atoms with E-state index in [0.717, 1.165) is 18.5 Å². The van der Waals surface area contributed by atoms with Crippen LogP contribution in [0.5, 0.6) is 0 Å². The first-order valence-electron chi connectivity index (χ1n) is 7.44. The van der Waals surface area contributed by atoms with Gasteiger partial charge in [-0.05, 0) is 25.0 Å². The summed E-state index contributed by atoms with van der Waals surface area (Å²) in [7, 11) is 0. The quantitative estimate of drug-likeness (QED) is 0.688. The summed E-state index contributed by atoms with van der Waals surface area (Å²) < 4.78 is 0. The highest BCUT2D eigenvalue weighted by Gasteiger charge is 2.14. The zero-order chi connectivity index (χ0) is 15.7. The summed E-state index contributed by atoms with van der Waals surface area (Å²) in [5.74, 6) is 0.0375. The van der Waals surface area contributed by atoms with E-state index in [1.165, 1.54) is 0 Å². The lowest BCUT2D eigenvalue weighted by molar-refractivity contribution is -0.120. The third-order valence-electron chi connectivity index (χ3n) is 3.43. The summed E-state index contributed by atoms with van der Waals surface area (Å²) in [6, 6.07) is 10.1. The second-order valence-electron chi connectivity index (χ2n) is 5.05. The van der Waals surface area contributed by atoms with Crippen molar-refractivity contribution in [2.24, 2.45) is 5.73 Å². The van der Waals surface area contributed by atoms with Crippen LogP contribution in [0.2, 0.25) is 0 Å². The molecule has 0 aliphatic rings. The third-order valence-corrected chi connectivity index (χ3v) is 3.64. The van der Waals surface area contributed by atoms with Crippen molar-refractivity contribution in [2.45, 2.75) is 39.2 Å². The molecule has 0 heterocycles. The van der Waals surface area contributed by atoms with Crippen LogP contribution < -0.4 is 16.0 Å².